The molecule has 3 N–H and O–H groups in total. The summed E-state index contributed by atoms with van der Waals surface area (Å²) in [5.41, 5.74) is 6.29. The fourth-order valence-corrected chi connectivity index (χ4v) is 2.75. The van der Waals surface area contributed by atoms with Crippen molar-refractivity contribution in [1.29, 1.82) is 0 Å². The van der Waals surface area contributed by atoms with Gasteiger partial charge in [-0.3, -0.25) is 9.59 Å². The zero-order chi connectivity index (χ0) is 17.0. The zero-order valence-electron chi connectivity index (χ0n) is 13.9. The van der Waals surface area contributed by atoms with E-state index >= 15 is 0 Å². The number of nitrogens with zero attached hydrogens (tertiary/aromatic N) is 1. The quantitative estimate of drug-likeness (QED) is 0.848. The van der Waals surface area contributed by atoms with Crippen LogP contribution in [0.5, 0.6) is 5.75 Å². The molecule has 1 aromatic rings. The fourth-order valence-electron chi connectivity index (χ4n) is 2.75. The average molecular weight is 319 g/mol. The Kier molecular flexibility index (Phi) is 5.60. The highest BCUT2D eigenvalue weighted by molar-refractivity contribution is 5.99. The molecule has 0 saturated carbocycles. The number of para-hydroxylation sites is 1. The Morgan fingerprint density at radius 1 is 1.35 bits per heavy atom. The Balaban J connectivity index is 2.13. The largest absolute Gasteiger partial charge is 0.496 e. The Bertz CT molecular complexity index is 574. The monoisotopic (exact) mass is 319 g/mol. The molecule has 1 aliphatic rings. The number of rotatable bonds is 5. The van der Waals surface area contributed by atoms with E-state index in [-0.39, 0.29) is 23.8 Å². The van der Waals surface area contributed by atoms with Crippen LogP contribution in [-0.2, 0) is 4.79 Å². The maximum atomic E-state index is 12.7. The predicted octanol–water partition coefficient (Wildman–Crippen LogP) is 1.01. The van der Waals surface area contributed by atoms with E-state index in [0.717, 1.165) is 6.42 Å². The molecule has 126 valence electrons. The van der Waals surface area contributed by atoms with Crippen molar-refractivity contribution in [1.82, 2.24) is 10.2 Å². The third kappa shape index (κ3) is 4.01. The van der Waals surface area contributed by atoms with Crippen LogP contribution in [-0.4, -0.2) is 49.0 Å². The number of ether oxygens (including phenoxy) is 1. The molecular formula is C17H25N3O3. The smallest absolute Gasteiger partial charge is 0.255 e. The van der Waals surface area contributed by atoms with Crippen LogP contribution in [0.15, 0.2) is 24.3 Å². The first-order valence-electron chi connectivity index (χ1n) is 7.92. The van der Waals surface area contributed by atoms with Crippen LogP contribution in [0.2, 0.25) is 0 Å². The molecule has 0 bridgehead atoms. The minimum absolute atomic E-state index is 0.0158. The molecule has 0 radical (unpaired) electrons. The average Bonchev–Trinajstić information content (AvgIpc) is 2.97. The molecule has 1 fully saturated rings. The fraction of sp³-hybridized carbons (Fsp3) is 0.529. The summed E-state index contributed by atoms with van der Waals surface area (Å²) in [4.78, 5) is 26.9. The van der Waals surface area contributed by atoms with E-state index in [1.54, 1.807) is 29.2 Å². The second kappa shape index (κ2) is 7.46. The first-order chi connectivity index (χ1) is 10.9. The molecule has 0 aromatic heterocycles. The number of hydrogen-bond donors (Lipinski definition) is 2. The molecule has 0 spiro atoms. The summed E-state index contributed by atoms with van der Waals surface area (Å²) in [7, 11) is 1.52. The van der Waals surface area contributed by atoms with Gasteiger partial charge in [-0.1, -0.05) is 26.0 Å². The normalized spacial score (nSPS) is 18.8. The third-order valence-corrected chi connectivity index (χ3v) is 4.11. The topological polar surface area (TPSA) is 84.7 Å². The van der Waals surface area contributed by atoms with Gasteiger partial charge < -0.3 is 20.7 Å². The van der Waals surface area contributed by atoms with Crippen LogP contribution in [0.25, 0.3) is 0 Å². The number of likely N-dealkylation sites (tertiary alicyclic amines) is 1. The summed E-state index contributed by atoms with van der Waals surface area (Å²) in [5, 5.41) is 2.85. The Labute approximate surface area is 137 Å². The van der Waals surface area contributed by atoms with E-state index in [9.17, 15) is 9.59 Å². The maximum absolute atomic E-state index is 12.7. The summed E-state index contributed by atoms with van der Waals surface area (Å²) in [6.07, 6.45) is 0.803. The summed E-state index contributed by atoms with van der Waals surface area (Å²) < 4.78 is 5.21. The number of carbonyl (C=O) groups is 2. The van der Waals surface area contributed by atoms with Crippen LogP contribution in [0.1, 0.15) is 30.6 Å². The molecule has 2 atom stereocenters. The second-order valence-electron chi connectivity index (χ2n) is 6.23. The first kappa shape index (κ1) is 17.3. The number of methoxy groups -OCH3 is 1. The van der Waals surface area contributed by atoms with Crippen molar-refractivity contribution < 1.29 is 14.3 Å². The van der Waals surface area contributed by atoms with Crippen molar-refractivity contribution in [3.63, 3.8) is 0 Å². The van der Waals surface area contributed by atoms with Crippen LogP contribution in [0.3, 0.4) is 0 Å². The van der Waals surface area contributed by atoms with Gasteiger partial charge in [-0.05, 0) is 24.5 Å². The van der Waals surface area contributed by atoms with Gasteiger partial charge in [0.25, 0.3) is 5.91 Å². The predicted molar refractivity (Wildman–Crippen MR) is 88.3 cm³/mol. The lowest BCUT2D eigenvalue weighted by atomic mass is 10.0. The van der Waals surface area contributed by atoms with Crippen molar-refractivity contribution in [3.8, 4) is 5.75 Å². The van der Waals surface area contributed by atoms with Crippen molar-refractivity contribution in [2.24, 2.45) is 11.7 Å². The standard InChI is InChI=1S/C17H25N3O3/c1-11(2)15(17(22)20-9-8-12(18)10-20)19-16(21)13-6-4-5-7-14(13)23-3/h4-7,11-12,15H,8-10,18H2,1-3H3,(H,19,21)/t12-,15?/m1/s1. The number of benzene rings is 1. The second-order valence-corrected chi connectivity index (χ2v) is 6.23. The van der Waals surface area contributed by atoms with Crippen LogP contribution in [0, 0.1) is 5.92 Å². The molecule has 1 saturated heterocycles. The molecule has 23 heavy (non-hydrogen) atoms. The SMILES string of the molecule is COc1ccccc1C(=O)NC(C(=O)N1CC[C@@H](N)C1)C(C)C. The number of nitrogens with one attached hydrogen (secondary N) is 1. The van der Waals surface area contributed by atoms with Crippen molar-refractivity contribution in [2.75, 3.05) is 20.2 Å². The van der Waals surface area contributed by atoms with Gasteiger partial charge in [0.1, 0.15) is 11.8 Å². The molecule has 1 heterocycles. The van der Waals surface area contributed by atoms with E-state index in [4.69, 9.17) is 10.5 Å². The van der Waals surface area contributed by atoms with Gasteiger partial charge in [0, 0.05) is 19.1 Å². The van der Waals surface area contributed by atoms with Crippen LogP contribution >= 0.6 is 0 Å². The Hall–Kier alpha value is -2.08. The summed E-state index contributed by atoms with van der Waals surface area (Å²) in [6, 6.07) is 6.42. The first-order valence-corrected chi connectivity index (χ1v) is 7.92. The number of hydrogen-bond acceptors (Lipinski definition) is 4. The molecule has 2 amide bonds. The summed E-state index contributed by atoms with van der Waals surface area (Å²) in [6.45, 7) is 5.03. The molecule has 0 aliphatic carbocycles. The molecule has 2 rings (SSSR count). The Morgan fingerprint density at radius 3 is 2.61 bits per heavy atom. The minimum atomic E-state index is -0.572. The molecule has 6 nitrogen and oxygen atoms in total. The lowest BCUT2D eigenvalue weighted by Gasteiger charge is -2.27. The number of amides is 2. The van der Waals surface area contributed by atoms with E-state index < -0.39 is 6.04 Å². The maximum Gasteiger partial charge on any atom is 0.255 e. The van der Waals surface area contributed by atoms with Gasteiger partial charge in [-0.2, -0.15) is 0 Å². The van der Waals surface area contributed by atoms with Crippen molar-refractivity contribution >= 4 is 11.8 Å². The molecule has 1 aliphatic heterocycles. The van der Waals surface area contributed by atoms with Gasteiger partial charge in [0.2, 0.25) is 5.91 Å². The van der Waals surface area contributed by atoms with E-state index in [1.165, 1.54) is 7.11 Å². The van der Waals surface area contributed by atoms with Gasteiger partial charge in [0.05, 0.1) is 12.7 Å². The number of nitrogens with two attached hydrogens (primary N) is 1. The third-order valence-electron chi connectivity index (χ3n) is 4.11. The molecule has 6 heteroatoms. The molecular weight excluding hydrogens is 294 g/mol. The highest BCUT2D eigenvalue weighted by Gasteiger charge is 2.32. The lowest BCUT2D eigenvalue weighted by molar-refractivity contribution is -0.133. The minimum Gasteiger partial charge on any atom is -0.496 e. The Morgan fingerprint density at radius 2 is 2.04 bits per heavy atom. The number of carbonyl (C=O) groups excluding carboxylic acids is 2. The van der Waals surface area contributed by atoms with E-state index in [2.05, 4.69) is 5.32 Å². The summed E-state index contributed by atoms with van der Waals surface area (Å²) in [5.74, 6) is 0.0929. The highest BCUT2D eigenvalue weighted by Crippen LogP contribution is 2.18. The van der Waals surface area contributed by atoms with Gasteiger partial charge in [-0.15, -0.1) is 0 Å². The van der Waals surface area contributed by atoms with Gasteiger partial charge in [-0.25, -0.2) is 0 Å². The van der Waals surface area contributed by atoms with Crippen LogP contribution < -0.4 is 15.8 Å². The zero-order valence-corrected chi connectivity index (χ0v) is 13.9. The van der Waals surface area contributed by atoms with Crippen molar-refractivity contribution in [2.45, 2.75) is 32.4 Å². The van der Waals surface area contributed by atoms with Crippen molar-refractivity contribution in [3.05, 3.63) is 29.8 Å². The van der Waals surface area contributed by atoms with E-state index in [1.807, 2.05) is 13.8 Å². The summed E-state index contributed by atoms with van der Waals surface area (Å²) >= 11 is 0. The molecule has 1 aromatic carbocycles. The lowest BCUT2D eigenvalue weighted by Crippen LogP contribution is -2.51. The highest BCUT2D eigenvalue weighted by atomic mass is 16.5. The van der Waals surface area contributed by atoms with Crippen LogP contribution in [0.4, 0.5) is 0 Å². The van der Waals surface area contributed by atoms with E-state index in [0.29, 0.717) is 24.4 Å². The van der Waals surface area contributed by atoms with Gasteiger partial charge >= 0.3 is 0 Å². The molecule has 1 unspecified atom stereocenters. The van der Waals surface area contributed by atoms with Gasteiger partial charge in [0.15, 0.2) is 0 Å².